The van der Waals surface area contributed by atoms with Crippen LogP contribution in [0.3, 0.4) is 0 Å². The Morgan fingerprint density at radius 3 is 2.06 bits per heavy atom. The number of hydrogen-bond acceptors (Lipinski definition) is 10. The van der Waals surface area contributed by atoms with Crippen molar-refractivity contribution in [3.63, 3.8) is 0 Å². The summed E-state index contributed by atoms with van der Waals surface area (Å²) in [6.45, 7) is 4.81. The summed E-state index contributed by atoms with van der Waals surface area (Å²) in [5.74, 6) is -3.46. The molecule has 33 heavy (non-hydrogen) atoms. The summed E-state index contributed by atoms with van der Waals surface area (Å²) >= 11 is 0. The molecule has 0 N–H and O–H groups in total. The number of rotatable bonds is 5. The Kier molecular flexibility index (Phi) is 7.07. The molecule has 1 heterocycles. The lowest BCUT2D eigenvalue weighted by atomic mass is 9.84. The summed E-state index contributed by atoms with van der Waals surface area (Å²) in [7, 11) is 0. The molecule has 1 aromatic rings. The Morgan fingerprint density at radius 1 is 0.848 bits per heavy atom. The fourth-order valence-corrected chi connectivity index (χ4v) is 3.59. The first-order valence-electron chi connectivity index (χ1n) is 10.0. The highest BCUT2D eigenvalue weighted by molar-refractivity contribution is 5.87. The van der Waals surface area contributed by atoms with Crippen LogP contribution in [0.5, 0.6) is 11.5 Å². The third kappa shape index (κ3) is 5.92. The second kappa shape index (κ2) is 9.78. The minimum atomic E-state index is -0.891. The molecule has 174 valence electrons. The molecule has 0 amide bonds. The minimum Gasteiger partial charge on any atom is -0.430 e. The van der Waals surface area contributed by atoms with Crippen LogP contribution in [-0.2, 0) is 38.2 Å². The van der Waals surface area contributed by atoms with E-state index in [4.69, 9.17) is 23.7 Å². The van der Waals surface area contributed by atoms with E-state index in [1.54, 1.807) is 6.07 Å². The van der Waals surface area contributed by atoms with Crippen LogP contribution in [0.15, 0.2) is 41.9 Å². The molecule has 1 aliphatic heterocycles. The average Bonchev–Trinajstić information content (AvgIpc) is 2.67. The normalized spacial score (nSPS) is 21.7. The predicted octanol–water partition coefficient (Wildman–Crippen LogP) is 2.46. The van der Waals surface area contributed by atoms with E-state index in [0.717, 1.165) is 0 Å². The summed E-state index contributed by atoms with van der Waals surface area (Å²) in [5, 5.41) is 0. The molecule has 10 heteroatoms. The summed E-state index contributed by atoms with van der Waals surface area (Å²) in [4.78, 5) is 58.7. The Hall–Kier alpha value is -3.79. The smallest absolute Gasteiger partial charge is 0.308 e. The third-order valence-corrected chi connectivity index (χ3v) is 4.67. The number of benzene rings is 1. The van der Waals surface area contributed by atoms with Crippen molar-refractivity contribution in [2.45, 2.75) is 46.3 Å². The van der Waals surface area contributed by atoms with Crippen LogP contribution >= 0.6 is 0 Å². The van der Waals surface area contributed by atoms with Crippen molar-refractivity contribution >= 4 is 29.7 Å². The summed E-state index contributed by atoms with van der Waals surface area (Å²) < 4.78 is 26.6. The lowest BCUT2D eigenvalue weighted by Crippen LogP contribution is -2.41. The quantitative estimate of drug-likeness (QED) is 0.479. The van der Waals surface area contributed by atoms with Crippen molar-refractivity contribution < 1.29 is 47.7 Å². The molecule has 1 fully saturated rings. The van der Waals surface area contributed by atoms with Crippen LogP contribution in [0.4, 0.5) is 0 Å². The highest BCUT2D eigenvalue weighted by atomic mass is 16.6. The topological polar surface area (TPSA) is 132 Å². The van der Waals surface area contributed by atoms with Crippen molar-refractivity contribution in [1.29, 1.82) is 0 Å². The first-order chi connectivity index (χ1) is 15.5. The van der Waals surface area contributed by atoms with Gasteiger partial charge in [0.2, 0.25) is 0 Å². The van der Waals surface area contributed by atoms with E-state index in [2.05, 4.69) is 0 Å². The van der Waals surface area contributed by atoms with Crippen molar-refractivity contribution in [3.8, 4) is 11.5 Å². The lowest BCUT2D eigenvalue weighted by Gasteiger charge is -2.36. The first-order valence-corrected chi connectivity index (χ1v) is 10.0. The number of ether oxygens (including phenoxy) is 5. The first kappa shape index (κ1) is 23.9. The van der Waals surface area contributed by atoms with Gasteiger partial charge >= 0.3 is 23.9 Å². The number of Topliss-reactive ketones (excluding diaryl/α,β-unsaturated/α-hetero) is 1. The second-order valence-electron chi connectivity index (χ2n) is 7.43. The molecular weight excluding hydrogens is 436 g/mol. The van der Waals surface area contributed by atoms with E-state index in [9.17, 15) is 24.0 Å². The fraction of sp³-hybridized carbons (Fsp3) is 0.348. The highest BCUT2D eigenvalue weighted by Gasteiger charge is 2.43. The number of esters is 4. The van der Waals surface area contributed by atoms with Gasteiger partial charge in [-0.2, -0.15) is 0 Å². The van der Waals surface area contributed by atoms with Crippen molar-refractivity contribution in [2.75, 3.05) is 0 Å². The van der Waals surface area contributed by atoms with Crippen molar-refractivity contribution in [1.82, 2.24) is 0 Å². The minimum absolute atomic E-state index is 0.00587. The zero-order chi connectivity index (χ0) is 24.3. The Balaban J connectivity index is 1.93. The zero-order valence-corrected chi connectivity index (χ0v) is 18.4. The van der Waals surface area contributed by atoms with E-state index in [0.29, 0.717) is 5.56 Å². The van der Waals surface area contributed by atoms with E-state index >= 15 is 0 Å². The van der Waals surface area contributed by atoms with E-state index in [1.807, 2.05) is 0 Å². The number of hydrogen-bond donors (Lipinski definition) is 0. The molecule has 0 radical (unpaired) electrons. The van der Waals surface area contributed by atoms with E-state index < -0.39 is 42.0 Å². The Morgan fingerprint density at radius 2 is 1.45 bits per heavy atom. The van der Waals surface area contributed by atoms with Crippen molar-refractivity contribution in [2.24, 2.45) is 5.92 Å². The van der Waals surface area contributed by atoms with Crippen LogP contribution in [0, 0.1) is 5.92 Å². The van der Waals surface area contributed by atoms with Crippen LogP contribution in [0.2, 0.25) is 0 Å². The standard InChI is InChI=1S/C23H22O10/c1-11(24)29-16-8-21(32-14(4)27)23-17(28)10-19(33-22(23)9-16)15-5-6-18(30-12(2)25)20(7-15)31-13(3)26/h5-9,19,22-23H,10H2,1-4H3. The van der Waals surface area contributed by atoms with Crippen molar-refractivity contribution in [3.05, 3.63) is 47.4 Å². The number of fused-ring (bicyclic) bond motifs is 1. The predicted molar refractivity (Wildman–Crippen MR) is 109 cm³/mol. The third-order valence-electron chi connectivity index (χ3n) is 4.67. The molecule has 3 unspecified atom stereocenters. The molecule has 3 atom stereocenters. The largest absolute Gasteiger partial charge is 0.430 e. The van der Waals surface area contributed by atoms with Gasteiger partial charge in [-0.1, -0.05) is 6.07 Å². The van der Waals surface area contributed by atoms with Gasteiger partial charge in [-0.05, 0) is 23.8 Å². The number of allylic oxidation sites excluding steroid dienone is 1. The van der Waals surface area contributed by atoms with Crippen LogP contribution in [0.1, 0.15) is 45.8 Å². The van der Waals surface area contributed by atoms with Crippen LogP contribution in [0.25, 0.3) is 0 Å². The average molecular weight is 458 g/mol. The maximum absolute atomic E-state index is 13.0. The highest BCUT2D eigenvalue weighted by Crippen LogP contribution is 2.41. The maximum atomic E-state index is 13.0. The SMILES string of the molecule is CC(=O)OC1=CC2OC(c3ccc(OC(C)=O)c(OC(C)=O)c3)CC(=O)C2C(OC(C)=O)=C1. The van der Waals surface area contributed by atoms with Gasteiger partial charge < -0.3 is 23.7 Å². The zero-order valence-electron chi connectivity index (χ0n) is 18.4. The lowest BCUT2D eigenvalue weighted by molar-refractivity contribution is -0.148. The summed E-state index contributed by atoms with van der Waals surface area (Å²) in [5.41, 5.74) is 0.486. The molecule has 2 aliphatic rings. The molecular formula is C23H22O10. The van der Waals surface area contributed by atoms with Crippen LogP contribution < -0.4 is 9.47 Å². The van der Waals surface area contributed by atoms with Gasteiger partial charge in [-0.3, -0.25) is 24.0 Å². The number of carbonyl (C=O) groups is 5. The molecule has 1 saturated heterocycles. The summed E-state index contributed by atoms with van der Waals surface area (Å²) in [6, 6.07) is 4.45. The molecule has 1 aromatic carbocycles. The molecule has 0 saturated carbocycles. The van der Waals surface area contributed by atoms with E-state index in [1.165, 1.54) is 52.0 Å². The Bertz CT molecular complexity index is 1080. The van der Waals surface area contributed by atoms with Gasteiger partial charge in [0.1, 0.15) is 23.2 Å². The molecule has 0 aromatic heterocycles. The van der Waals surface area contributed by atoms with E-state index in [-0.39, 0.29) is 35.2 Å². The van der Waals surface area contributed by atoms with Gasteiger partial charge in [0.05, 0.1) is 12.2 Å². The van der Waals surface area contributed by atoms with Crippen LogP contribution in [-0.4, -0.2) is 35.8 Å². The molecule has 3 rings (SSSR count). The van der Waals surface area contributed by atoms with Gasteiger partial charge in [0, 0.05) is 40.2 Å². The second-order valence-corrected chi connectivity index (χ2v) is 7.43. The molecule has 1 aliphatic carbocycles. The van der Waals surface area contributed by atoms with Gasteiger partial charge in [0.25, 0.3) is 0 Å². The number of carbonyl (C=O) groups excluding carboxylic acids is 5. The van der Waals surface area contributed by atoms with Gasteiger partial charge in [-0.25, -0.2) is 0 Å². The molecule has 0 bridgehead atoms. The monoisotopic (exact) mass is 458 g/mol. The Labute approximate surface area is 189 Å². The molecule has 0 spiro atoms. The number of ketones is 1. The van der Waals surface area contributed by atoms with Gasteiger partial charge in [-0.15, -0.1) is 0 Å². The van der Waals surface area contributed by atoms with Gasteiger partial charge in [0.15, 0.2) is 11.5 Å². The maximum Gasteiger partial charge on any atom is 0.308 e. The molecule has 10 nitrogen and oxygen atoms in total. The fourth-order valence-electron chi connectivity index (χ4n) is 3.59. The summed E-state index contributed by atoms with van der Waals surface area (Å²) in [6.07, 6.45) is 1.08.